The molecule has 1 saturated heterocycles. The molecule has 1 aromatic rings. The Bertz CT molecular complexity index is 682. The quantitative estimate of drug-likeness (QED) is 0.673. The molecular weight excluding hydrogens is 380 g/mol. The van der Waals surface area contributed by atoms with E-state index in [2.05, 4.69) is 0 Å². The molecule has 8 heteroatoms. The number of carboxylic acids is 1. The van der Waals surface area contributed by atoms with E-state index in [4.69, 9.17) is 21.1 Å². The Morgan fingerprint density at radius 1 is 1.27 bits per heavy atom. The first-order valence-corrected chi connectivity index (χ1v) is 9.78. The summed E-state index contributed by atoms with van der Waals surface area (Å²) in [6, 6.07) is 7.48. The van der Waals surface area contributed by atoms with Gasteiger partial charge in [-0.1, -0.05) is 23.7 Å². The highest BCUT2D eigenvalue weighted by Crippen LogP contribution is 2.42. The number of thioether (sulfide) groups is 1. The molecule has 6 nitrogen and oxygen atoms in total. The summed E-state index contributed by atoms with van der Waals surface area (Å²) in [5.74, 6) is -1.57. The lowest BCUT2D eigenvalue weighted by molar-refractivity contribution is -0.153. The van der Waals surface area contributed by atoms with Crippen LogP contribution in [0, 0.1) is 0 Å². The zero-order valence-electron chi connectivity index (χ0n) is 14.0. The molecule has 0 unspecified atom stereocenters. The van der Waals surface area contributed by atoms with E-state index >= 15 is 0 Å². The molecule has 1 aliphatic heterocycles. The molecule has 0 radical (unpaired) electrons. The fraction of sp³-hybridized carbons (Fsp3) is 0.500. The summed E-state index contributed by atoms with van der Waals surface area (Å²) < 4.78 is 11.5. The highest BCUT2D eigenvalue weighted by molar-refractivity contribution is 7.99. The third-order valence-corrected chi connectivity index (χ3v) is 6.17. The fourth-order valence-electron chi connectivity index (χ4n) is 3.27. The first kappa shape index (κ1) is 19.7. The molecule has 0 saturated carbocycles. The molecule has 142 valence electrons. The van der Waals surface area contributed by atoms with Gasteiger partial charge >= 0.3 is 5.97 Å². The van der Waals surface area contributed by atoms with Crippen LogP contribution >= 0.6 is 23.4 Å². The molecule has 1 fully saturated rings. The molecule has 0 aromatic heterocycles. The van der Waals surface area contributed by atoms with Crippen molar-refractivity contribution in [2.24, 2.45) is 0 Å². The molecule has 0 amide bonds. The molecule has 1 aliphatic carbocycles. The number of rotatable bonds is 6. The van der Waals surface area contributed by atoms with Gasteiger partial charge in [0.1, 0.15) is 12.2 Å². The summed E-state index contributed by atoms with van der Waals surface area (Å²) in [5.41, 5.74) is 1.25. The monoisotopic (exact) mass is 400 g/mol. The largest absolute Gasteiger partial charge is 0.478 e. The molecular formula is C18H21ClO6S. The highest BCUT2D eigenvalue weighted by Gasteiger charge is 2.49. The van der Waals surface area contributed by atoms with Crippen LogP contribution in [-0.4, -0.2) is 57.7 Å². The van der Waals surface area contributed by atoms with Gasteiger partial charge in [0.25, 0.3) is 0 Å². The van der Waals surface area contributed by atoms with Gasteiger partial charge in [-0.2, -0.15) is 0 Å². The van der Waals surface area contributed by atoms with Crippen LogP contribution in [0.3, 0.4) is 0 Å². The van der Waals surface area contributed by atoms with Gasteiger partial charge in [-0.05, 0) is 30.2 Å². The molecule has 3 atom stereocenters. The van der Waals surface area contributed by atoms with Gasteiger partial charge in [0, 0.05) is 22.4 Å². The third-order valence-electron chi connectivity index (χ3n) is 4.54. The summed E-state index contributed by atoms with van der Waals surface area (Å²) in [7, 11) is 0. The van der Waals surface area contributed by atoms with E-state index in [1.54, 1.807) is 6.07 Å². The normalized spacial score (nSPS) is 27.5. The molecule has 1 aromatic carbocycles. The Morgan fingerprint density at radius 2 is 1.96 bits per heavy atom. The van der Waals surface area contributed by atoms with Crippen LogP contribution in [0.5, 0.6) is 0 Å². The smallest absolute Gasteiger partial charge is 0.332 e. The van der Waals surface area contributed by atoms with E-state index < -0.39 is 24.0 Å². The van der Waals surface area contributed by atoms with Crippen molar-refractivity contribution in [3.8, 4) is 0 Å². The molecule has 3 rings (SSSR count). The van der Waals surface area contributed by atoms with Gasteiger partial charge in [-0.15, -0.1) is 11.8 Å². The third kappa shape index (κ3) is 4.24. The van der Waals surface area contributed by atoms with Crippen molar-refractivity contribution >= 4 is 29.3 Å². The Hall–Kier alpha value is -1.09. The number of benzene rings is 1. The minimum absolute atomic E-state index is 0.204. The van der Waals surface area contributed by atoms with Gasteiger partial charge in [0.15, 0.2) is 5.79 Å². The van der Waals surface area contributed by atoms with Crippen LogP contribution in [-0.2, 0) is 20.0 Å². The van der Waals surface area contributed by atoms with E-state index in [0.717, 1.165) is 5.56 Å². The Labute approximate surface area is 160 Å². The van der Waals surface area contributed by atoms with Crippen LogP contribution in [0.2, 0.25) is 5.02 Å². The number of ether oxygens (including phenoxy) is 2. The van der Waals surface area contributed by atoms with E-state index in [0.29, 0.717) is 23.6 Å². The second-order valence-electron chi connectivity index (χ2n) is 6.36. The number of hydrogen-bond donors (Lipinski definition) is 3. The van der Waals surface area contributed by atoms with Crippen LogP contribution in [0.25, 0.3) is 0 Å². The number of aliphatic hydroxyl groups excluding tert-OH is 2. The number of carboxylic acid groups (broad SMARTS) is 1. The Balaban J connectivity index is 1.74. The van der Waals surface area contributed by atoms with E-state index in [1.165, 1.54) is 17.8 Å². The Kier molecular flexibility index (Phi) is 6.27. The van der Waals surface area contributed by atoms with Gasteiger partial charge in [-0.3, -0.25) is 0 Å². The second-order valence-corrected chi connectivity index (χ2v) is 7.99. The van der Waals surface area contributed by atoms with E-state index in [-0.39, 0.29) is 24.0 Å². The maximum Gasteiger partial charge on any atom is 0.332 e. The maximum atomic E-state index is 11.8. The molecule has 26 heavy (non-hydrogen) atoms. The summed E-state index contributed by atoms with van der Waals surface area (Å²) in [5, 5.41) is 28.8. The van der Waals surface area contributed by atoms with Gasteiger partial charge < -0.3 is 24.8 Å². The minimum Gasteiger partial charge on any atom is -0.478 e. The fourth-order valence-corrected chi connectivity index (χ4v) is 4.69. The topological polar surface area (TPSA) is 96.2 Å². The first-order valence-electron chi connectivity index (χ1n) is 8.36. The van der Waals surface area contributed by atoms with E-state index in [9.17, 15) is 20.1 Å². The van der Waals surface area contributed by atoms with Crippen molar-refractivity contribution in [2.75, 3.05) is 13.2 Å². The van der Waals surface area contributed by atoms with Crippen LogP contribution in [0.15, 0.2) is 35.9 Å². The van der Waals surface area contributed by atoms with Crippen molar-refractivity contribution < 1.29 is 29.6 Å². The first-order chi connectivity index (χ1) is 12.5. The van der Waals surface area contributed by atoms with Crippen molar-refractivity contribution in [1.82, 2.24) is 0 Å². The molecule has 1 heterocycles. The lowest BCUT2D eigenvalue weighted by Crippen LogP contribution is -2.37. The molecule has 2 aliphatic rings. The minimum atomic E-state index is -1.19. The van der Waals surface area contributed by atoms with Gasteiger partial charge in [0.2, 0.25) is 0 Å². The number of aliphatic carboxylic acids is 1. The predicted octanol–water partition coefficient (Wildman–Crippen LogP) is 2.21. The highest BCUT2D eigenvalue weighted by atomic mass is 35.5. The lowest BCUT2D eigenvalue weighted by Gasteiger charge is -2.33. The summed E-state index contributed by atoms with van der Waals surface area (Å²) >= 11 is 7.53. The average Bonchev–Trinajstić information content (AvgIpc) is 2.98. The second kappa shape index (κ2) is 8.29. The predicted molar refractivity (Wildman–Crippen MR) is 98.1 cm³/mol. The Morgan fingerprint density at radius 3 is 2.54 bits per heavy atom. The molecule has 0 bridgehead atoms. The molecule has 1 spiro atoms. The number of aliphatic hydroxyl groups is 2. The van der Waals surface area contributed by atoms with Crippen molar-refractivity contribution in [3.05, 3.63) is 46.5 Å². The standard InChI is InChI=1S/C18H21ClO6S/c19-12-3-1-2-11(6-12)10-26-16-4-5-18(7-13(16)17(22)23)24-14(8-20)15(9-21)25-18/h1-3,6-7,14-16,20-21H,4-5,8-10H2,(H,22,23)/t14-,15-,16-/m1/s1. The van der Waals surface area contributed by atoms with E-state index in [1.807, 2.05) is 18.2 Å². The number of halogens is 1. The SMILES string of the molecule is O=C(O)C1=CC2(CC[C@H]1SCc1cccc(Cl)c1)O[C@H](CO)[C@@H](CO)O2. The van der Waals surface area contributed by atoms with Crippen LogP contribution < -0.4 is 0 Å². The summed E-state index contributed by atoms with van der Waals surface area (Å²) in [6.45, 7) is -0.591. The van der Waals surface area contributed by atoms with Crippen LogP contribution in [0.1, 0.15) is 18.4 Å². The van der Waals surface area contributed by atoms with Crippen molar-refractivity contribution in [3.63, 3.8) is 0 Å². The van der Waals surface area contributed by atoms with Crippen molar-refractivity contribution in [2.45, 2.75) is 41.8 Å². The average molecular weight is 401 g/mol. The summed E-state index contributed by atoms with van der Waals surface area (Å²) in [6.07, 6.45) is 1.18. The maximum absolute atomic E-state index is 11.8. The van der Waals surface area contributed by atoms with Crippen molar-refractivity contribution in [1.29, 1.82) is 0 Å². The van der Waals surface area contributed by atoms with Gasteiger partial charge in [-0.25, -0.2) is 4.79 Å². The zero-order chi connectivity index (χ0) is 18.7. The number of carbonyl (C=O) groups is 1. The lowest BCUT2D eigenvalue weighted by atomic mass is 9.94. The molecule has 3 N–H and O–H groups in total. The van der Waals surface area contributed by atoms with Gasteiger partial charge in [0.05, 0.1) is 18.8 Å². The number of hydrogen-bond acceptors (Lipinski definition) is 6. The summed E-state index contributed by atoms with van der Waals surface area (Å²) in [4.78, 5) is 11.8. The van der Waals surface area contributed by atoms with Crippen LogP contribution in [0.4, 0.5) is 0 Å². The zero-order valence-corrected chi connectivity index (χ0v) is 15.6.